The van der Waals surface area contributed by atoms with Crippen LogP contribution < -0.4 is 10.6 Å². The van der Waals surface area contributed by atoms with Crippen LogP contribution in [0.3, 0.4) is 0 Å². The van der Waals surface area contributed by atoms with Gasteiger partial charge in [-0.25, -0.2) is 0 Å². The van der Waals surface area contributed by atoms with Crippen molar-refractivity contribution in [3.05, 3.63) is 0 Å². The van der Waals surface area contributed by atoms with E-state index in [1.165, 1.54) is 0 Å². The van der Waals surface area contributed by atoms with Gasteiger partial charge in [0, 0.05) is 53.8 Å². The van der Waals surface area contributed by atoms with Gasteiger partial charge >= 0.3 is 0 Å². The summed E-state index contributed by atoms with van der Waals surface area (Å²) in [5.74, 6) is 1.18. The van der Waals surface area contributed by atoms with Crippen LogP contribution in [0.2, 0.25) is 0 Å². The van der Waals surface area contributed by atoms with Gasteiger partial charge in [0.25, 0.3) is 0 Å². The maximum Gasteiger partial charge on any atom is 0.226 e. The zero-order valence-electron chi connectivity index (χ0n) is 20.6. The third-order valence-electron chi connectivity index (χ3n) is 5.21. The van der Waals surface area contributed by atoms with Crippen LogP contribution in [0.4, 0.5) is 0 Å². The van der Waals surface area contributed by atoms with Gasteiger partial charge in [-0.3, -0.25) is 13.8 Å². The van der Waals surface area contributed by atoms with Crippen LogP contribution in [0.25, 0.3) is 0 Å². The summed E-state index contributed by atoms with van der Waals surface area (Å²) in [6, 6.07) is 0. The lowest BCUT2D eigenvalue weighted by atomic mass is 9.83. The number of hydrogen-bond donors (Lipinski definition) is 2. The average molecular weight is 447 g/mol. The molecule has 0 aliphatic carbocycles. The Morgan fingerprint density at radius 1 is 0.933 bits per heavy atom. The largest absolute Gasteiger partial charge is 0.375 e. The van der Waals surface area contributed by atoms with Gasteiger partial charge in [-0.1, -0.05) is 41.5 Å². The molecule has 2 N–H and O–H groups in total. The van der Waals surface area contributed by atoms with Crippen molar-refractivity contribution in [3.8, 4) is 0 Å². The van der Waals surface area contributed by atoms with E-state index in [4.69, 9.17) is 4.74 Å². The minimum Gasteiger partial charge on any atom is -0.375 e. The van der Waals surface area contributed by atoms with Gasteiger partial charge in [0.2, 0.25) is 11.8 Å². The molecule has 0 saturated heterocycles. The second kappa shape index (κ2) is 13.5. The smallest absolute Gasteiger partial charge is 0.226 e. The van der Waals surface area contributed by atoms with E-state index in [0.717, 1.165) is 12.8 Å². The Morgan fingerprint density at radius 2 is 1.57 bits per heavy atom. The van der Waals surface area contributed by atoms with E-state index in [9.17, 15) is 13.8 Å². The second-order valence-electron chi connectivity index (χ2n) is 10.2. The van der Waals surface area contributed by atoms with Crippen LogP contribution in [0.5, 0.6) is 0 Å². The van der Waals surface area contributed by atoms with Crippen molar-refractivity contribution in [2.45, 2.75) is 93.1 Å². The van der Waals surface area contributed by atoms with Crippen molar-refractivity contribution < 1.29 is 18.5 Å². The lowest BCUT2D eigenvalue weighted by molar-refractivity contribution is -0.132. The Kier molecular flexibility index (Phi) is 13.0. The SMILES string of the molecule is CCCC(=O)NCCC(C)(C)OCCC(C)(CC)C(=O)NCCS(=O)CC(C)(C)C. The monoisotopic (exact) mass is 446 g/mol. The van der Waals surface area contributed by atoms with Gasteiger partial charge in [0.15, 0.2) is 0 Å². The normalized spacial score (nSPS) is 15.3. The van der Waals surface area contributed by atoms with Crippen molar-refractivity contribution in [2.75, 3.05) is 31.2 Å². The maximum atomic E-state index is 12.7. The van der Waals surface area contributed by atoms with Gasteiger partial charge in [-0.2, -0.15) is 0 Å². The first-order valence-electron chi connectivity index (χ1n) is 11.3. The van der Waals surface area contributed by atoms with Gasteiger partial charge in [-0.15, -0.1) is 0 Å². The fraction of sp³-hybridized carbons (Fsp3) is 0.913. The van der Waals surface area contributed by atoms with E-state index in [-0.39, 0.29) is 22.8 Å². The lowest BCUT2D eigenvalue weighted by Crippen LogP contribution is -2.42. The topological polar surface area (TPSA) is 84.5 Å². The summed E-state index contributed by atoms with van der Waals surface area (Å²) in [7, 11) is -0.930. The van der Waals surface area contributed by atoms with Crippen molar-refractivity contribution in [3.63, 3.8) is 0 Å². The molecule has 0 saturated carbocycles. The van der Waals surface area contributed by atoms with E-state index in [1.54, 1.807) is 0 Å². The quantitative estimate of drug-likeness (QED) is 0.401. The number of ether oxygens (including phenoxy) is 1. The molecule has 0 aliphatic heterocycles. The molecule has 30 heavy (non-hydrogen) atoms. The fourth-order valence-corrected chi connectivity index (χ4v) is 4.38. The zero-order chi connectivity index (χ0) is 23.4. The number of carbonyl (C=O) groups is 2. The molecule has 7 heteroatoms. The molecular weight excluding hydrogens is 400 g/mol. The number of hydrogen-bond acceptors (Lipinski definition) is 4. The minimum absolute atomic E-state index is 0.00834. The van der Waals surface area contributed by atoms with Crippen molar-refractivity contribution in [2.24, 2.45) is 10.8 Å². The Hall–Kier alpha value is -0.950. The third kappa shape index (κ3) is 13.4. The Balaban J connectivity index is 4.38. The molecular formula is C23H46N2O4S. The molecule has 2 unspecified atom stereocenters. The highest BCUT2D eigenvalue weighted by molar-refractivity contribution is 7.85. The molecule has 2 atom stereocenters. The van der Waals surface area contributed by atoms with E-state index in [0.29, 0.717) is 50.5 Å². The molecule has 0 aliphatic rings. The first-order chi connectivity index (χ1) is 13.7. The molecule has 178 valence electrons. The third-order valence-corrected chi connectivity index (χ3v) is 7.06. The van der Waals surface area contributed by atoms with Crippen molar-refractivity contribution in [1.82, 2.24) is 10.6 Å². The number of carbonyl (C=O) groups excluding carboxylic acids is 2. The van der Waals surface area contributed by atoms with E-state index >= 15 is 0 Å². The van der Waals surface area contributed by atoms with Gasteiger partial charge in [0.1, 0.15) is 0 Å². The summed E-state index contributed by atoms with van der Waals surface area (Å²) in [5, 5.41) is 5.88. The van der Waals surface area contributed by atoms with E-state index < -0.39 is 16.2 Å². The molecule has 2 amide bonds. The summed E-state index contributed by atoms with van der Waals surface area (Å²) in [6.45, 7) is 17.7. The molecule has 0 aromatic heterocycles. The highest BCUT2D eigenvalue weighted by atomic mass is 32.2. The fourth-order valence-electron chi connectivity index (χ4n) is 2.94. The van der Waals surface area contributed by atoms with Crippen LogP contribution in [-0.4, -0.2) is 52.8 Å². The first-order valence-corrected chi connectivity index (χ1v) is 12.8. The van der Waals surface area contributed by atoms with Crippen molar-refractivity contribution >= 4 is 22.6 Å². The van der Waals surface area contributed by atoms with E-state index in [1.807, 2.05) is 34.6 Å². The molecule has 0 rings (SSSR count). The predicted octanol–water partition coefficient (Wildman–Crippen LogP) is 3.81. The summed E-state index contributed by atoms with van der Waals surface area (Å²) in [6.07, 6.45) is 3.44. The van der Waals surface area contributed by atoms with Crippen LogP contribution in [0.1, 0.15) is 87.5 Å². The van der Waals surface area contributed by atoms with Crippen LogP contribution in [-0.2, 0) is 25.1 Å². The van der Waals surface area contributed by atoms with E-state index in [2.05, 4.69) is 31.4 Å². The lowest BCUT2D eigenvalue weighted by Gasteiger charge is -2.30. The standard InChI is InChI=1S/C23H46N2O4S/c1-9-11-19(26)24-14-12-22(6,7)29-16-13-23(8,10-2)20(27)25-15-17-30(28)18-21(3,4)5/h9-18H2,1-8H3,(H,24,26)(H,25,27). The van der Waals surface area contributed by atoms with Crippen molar-refractivity contribution in [1.29, 1.82) is 0 Å². The summed E-state index contributed by atoms with van der Waals surface area (Å²) < 4.78 is 18.2. The van der Waals surface area contributed by atoms with Gasteiger partial charge in [0.05, 0.1) is 5.60 Å². The minimum atomic E-state index is -0.930. The summed E-state index contributed by atoms with van der Waals surface area (Å²) >= 11 is 0. The Bertz CT molecular complexity index is 558. The molecule has 0 radical (unpaired) electrons. The van der Waals surface area contributed by atoms with Crippen LogP contribution in [0, 0.1) is 10.8 Å². The first kappa shape index (κ1) is 29.1. The Labute approximate surface area is 187 Å². The molecule has 0 heterocycles. The van der Waals surface area contributed by atoms with Crippen LogP contribution in [0.15, 0.2) is 0 Å². The summed E-state index contributed by atoms with van der Waals surface area (Å²) in [4.78, 5) is 24.3. The van der Waals surface area contributed by atoms with Gasteiger partial charge in [-0.05, 0) is 44.9 Å². The van der Waals surface area contributed by atoms with Gasteiger partial charge < -0.3 is 15.4 Å². The number of amides is 2. The molecule has 0 spiro atoms. The molecule has 0 aromatic rings. The molecule has 0 fully saturated rings. The van der Waals surface area contributed by atoms with Crippen LogP contribution >= 0.6 is 0 Å². The molecule has 0 aromatic carbocycles. The number of nitrogens with one attached hydrogen (secondary N) is 2. The molecule has 0 bridgehead atoms. The summed E-state index contributed by atoms with van der Waals surface area (Å²) in [5.41, 5.74) is -0.860. The molecule has 6 nitrogen and oxygen atoms in total. The Morgan fingerprint density at radius 3 is 2.10 bits per heavy atom. The predicted molar refractivity (Wildman–Crippen MR) is 126 cm³/mol. The second-order valence-corrected chi connectivity index (χ2v) is 11.8. The average Bonchev–Trinajstić information content (AvgIpc) is 2.59. The highest BCUT2D eigenvalue weighted by Gasteiger charge is 2.32. The maximum absolute atomic E-state index is 12.7. The zero-order valence-corrected chi connectivity index (χ0v) is 21.4. The number of rotatable bonds is 15. The highest BCUT2D eigenvalue weighted by Crippen LogP contribution is 2.27.